The molecule has 0 radical (unpaired) electrons. The van der Waals surface area contributed by atoms with Crippen molar-refractivity contribution in [3.63, 3.8) is 0 Å². The molecule has 0 fully saturated rings. The van der Waals surface area contributed by atoms with Crippen LogP contribution in [0.25, 0.3) is 0 Å². The number of amides is 3. The molecule has 2 aromatic carbocycles. The summed E-state index contributed by atoms with van der Waals surface area (Å²) < 4.78 is 5.18. The standard InChI is InChI=1S/C19H17ClN2O4/c1-26-16-9-8-12(20)11-15(16)21-17(23)7-4-10-22-18(24)13-5-2-3-6-14(13)19(22)25/h2-3,5-6,8-9,11H,4,7,10H2,1H3,(H,21,23). The SMILES string of the molecule is COc1ccc(Cl)cc1NC(=O)CCCN1C(=O)c2ccccc2C1=O. The van der Waals surface area contributed by atoms with E-state index in [1.165, 1.54) is 12.0 Å². The van der Waals surface area contributed by atoms with Crippen LogP contribution in [-0.2, 0) is 4.79 Å². The van der Waals surface area contributed by atoms with E-state index >= 15 is 0 Å². The molecule has 3 amide bonds. The lowest BCUT2D eigenvalue weighted by molar-refractivity contribution is -0.116. The summed E-state index contributed by atoms with van der Waals surface area (Å²) in [4.78, 5) is 37.9. The molecule has 1 aliphatic heterocycles. The fraction of sp³-hybridized carbons (Fsp3) is 0.211. The summed E-state index contributed by atoms with van der Waals surface area (Å²) in [5.74, 6) is -0.379. The molecular weight excluding hydrogens is 356 g/mol. The molecule has 0 saturated heterocycles. The molecule has 1 heterocycles. The number of benzene rings is 2. The Labute approximate surface area is 155 Å². The van der Waals surface area contributed by atoms with E-state index in [4.69, 9.17) is 16.3 Å². The maximum Gasteiger partial charge on any atom is 0.261 e. The van der Waals surface area contributed by atoms with Crippen molar-refractivity contribution in [2.24, 2.45) is 0 Å². The van der Waals surface area contributed by atoms with Gasteiger partial charge >= 0.3 is 0 Å². The maximum absolute atomic E-state index is 12.3. The molecule has 0 aromatic heterocycles. The van der Waals surface area contributed by atoms with Gasteiger partial charge in [-0.2, -0.15) is 0 Å². The van der Waals surface area contributed by atoms with Gasteiger partial charge in [0.25, 0.3) is 11.8 Å². The highest BCUT2D eigenvalue weighted by atomic mass is 35.5. The zero-order chi connectivity index (χ0) is 18.7. The molecule has 1 N–H and O–H groups in total. The third-order valence-corrected chi connectivity index (χ3v) is 4.33. The molecule has 0 aliphatic carbocycles. The van der Waals surface area contributed by atoms with Gasteiger partial charge < -0.3 is 10.1 Å². The van der Waals surface area contributed by atoms with E-state index in [2.05, 4.69) is 5.32 Å². The van der Waals surface area contributed by atoms with Crippen LogP contribution in [0.15, 0.2) is 42.5 Å². The summed E-state index contributed by atoms with van der Waals surface area (Å²) in [5.41, 5.74) is 1.29. The number of fused-ring (bicyclic) bond motifs is 1. The van der Waals surface area contributed by atoms with E-state index in [1.807, 2.05) is 0 Å². The van der Waals surface area contributed by atoms with Crippen molar-refractivity contribution in [2.45, 2.75) is 12.8 Å². The number of ether oxygens (including phenoxy) is 1. The number of methoxy groups -OCH3 is 1. The predicted molar refractivity (Wildman–Crippen MR) is 97.7 cm³/mol. The number of rotatable bonds is 6. The lowest BCUT2D eigenvalue weighted by Crippen LogP contribution is -2.31. The van der Waals surface area contributed by atoms with Crippen molar-refractivity contribution < 1.29 is 19.1 Å². The maximum atomic E-state index is 12.3. The van der Waals surface area contributed by atoms with Crippen molar-refractivity contribution in [3.8, 4) is 5.75 Å². The van der Waals surface area contributed by atoms with Gasteiger partial charge in [0.15, 0.2) is 0 Å². The molecule has 0 bridgehead atoms. The van der Waals surface area contributed by atoms with Crippen LogP contribution in [0, 0.1) is 0 Å². The summed E-state index contributed by atoms with van der Waals surface area (Å²) in [6, 6.07) is 11.6. The van der Waals surface area contributed by atoms with Gasteiger partial charge in [0, 0.05) is 18.0 Å². The minimum absolute atomic E-state index is 0.156. The van der Waals surface area contributed by atoms with E-state index < -0.39 is 0 Å². The van der Waals surface area contributed by atoms with Gasteiger partial charge in [-0.3, -0.25) is 19.3 Å². The van der Waals surface area contributed by atoms with Gasteiger partial charge in [0.1, 0.15) is 5.75 Å². The summed E-state index contributed by atoms with van der Waals surface area (Å²) >= 11 is 5.94. The quantitative estimate of drug-likeness (QED) is 0.789. The molecule has 3 rings (SSSR count). The number of hydrogen-bond acceptors (Lipinski definition) is 4. The highest BCUT2D eigenvalue weighted by molar-refractivity contribution is 6.31. The van der Waals surface area contributed by atoms with Crippen LogP contribution in [0.5, 0.6) is 5.75 Å². The monoisotopic (exact) mass is 372 g/mol. The number of halogens is 1. The first-order valence-electron chi connectivity index (χ1n) is 8.10. The zero-order valence-corrected chi connectivity index (χ0v) is 14.9. The smallest absolute Gasteiger partial charge is 0.261 e. The second kappa shape index (κ2) is 7.58. The average molecular weight is 373 g/mol. The second-order valence-corrected chi connectivity index (χ2v) is 6.24. The average Bonchev–Trinajstić information content (AvgIpc) is 2.87. The van der Waals surface area contributed by atoms with Crippen LogP contribution >= 0.6 is 11.6 Å². The third-order valence-electron chi connectivity index (χ3n) is 4.10. The number of nitrogens with zero attached hydrogens (tertiary/aromatic N) is 1. The molecule has 2 aromatic rings. The topological polar surface area (TPSA) is 75.7 Å². The summed E-state index contributed by atoms with van der Waals surface area (Å²) in [7, 11) is 1.50. The molecular formula is C19H17ClN2O4. The van der Waals surface area contributed by atoms with Crippen LogP contribution < -0.4 is 10.1 Å². The van der Waals surface area contributed by atoms with Crippen LogP contribution in [-0.4, -0.2) is 36.3 Å². The number of anilines is 1. The van der Waals surface area contributed by atoms with E-state index in [9.17, 15) is 14.4 Å². The van der Waals surface area contributed by atoms with Crippen molar-refractivity contribution in [2.75, 3.05) is 19.0 Å². The molecule has 0 saturated carbocycles. The Hall–Kier alpha value is -2.86. The number of imide groups is 1. The van der Waals surface area contributed by atoms with Gasteiger partial charge in [-0.15, -0.1) is 0 Å². The first-order valence-corrected chi connectivity index (χ1v) is 8.47. The Morgan fingerprint density at radius 1 is 1.12 bits per heavy atom. The summed E-state index contributed by atoms with van der Waals surface area (Å²) in [6.45, 7) is 0.187. The van der Waals surface area contributed by atoms with Crippen molar-refractivity contribution in [3.05, 3.63) is 58.6 Å². The lowest BCUT2D eigenvalue weighted by atomic mass is 10.1. The minimum atomic E-state index is -0.317. The second-order valence-electron chi connectivity index (χ2n) is 5.80. The Kier molecular flexibility index (Phi) is 5.23. The van der Waals surface area contributed by atoms with Gasteiger partial charge in [-0.25, -0.2) is 0 Å². The van der Waals surface area contributed by atoms with E-state index in [-0.39, 0.29) is 30.7 Å². The number of carbonyl (C=O) groups is 3. The summed E-state index contributed by atoms with van der Waals surface area (Å²) in [6.07, 6.45) is 0.517. The first-order chi connectivity index (χ1) is 12.5. The normalized spacial score (nSPS) is 12.9. The molecule has 1 aliphatic rings. The van der Waals surface area contributed by atoms with Crippen LogP contribution in [0.2, 0.25) is 5.02 Å². The molecule has 7 heteroatoms. The highest BCUT2D eigenvalue weighted by Gasteiger charge is 2.34. The molecule has 26 heavy (non-hydrogen) atoms. The molecule has 0 unspecified atom stereocenters. The molecule has 6 nitrogen and oxygen atoms in total. The van der Waals surface area contributed by atoms with E-state index in [0.29, 0.717) is 34.0 Å². The van der Waals surface area contributed by atoms with Crippen LogP contribution in [0.4, 0.5) is 5.69 Å². The van der Waals surface area contributed by atoms with E-state index in [1.54, 1.807) is 42.5 Å². The van der Waals surface area contributed by atoms with Gasteiger partial charge in [-0.1, -0.05) is 23.7 Å². The van der Waals surface area contributed by atoms with Crippen molar-refractivity contribution >= 4 is 35.0 Å². The first kappa shape index (κ1) is 17.9. The number of nitrogens with one attached hydrogen (secondary N) is 1. The predicted octanol–water partition coefficient (Wildman–Crippen LogP) is 3.36. The fourth-order valence-electron chi connectivity index (χ4n) is 2.83. The zero-order valence-electron chi connectivity index (χ0n) is 14.1. The van der Waals surface area contributed by atoms with Gasteiger partial charge in [0.2, 0.25) is 5.91 Å². The van der Waals surface area contributed by atoms with Crippen molar-refractivity contribution in [1.29, 1.82) is 0 Å². The van der Waals surface area contributed by atoms with Crippen molar-refractivity contribution in [1.82, 2.24) is 4.90 Å². The largest absolute Gasteiger partial charge is 0.495 e. The Morgan fingerprint density at radius 2 is 1.77 bits per heavy atom. The van der Waals surface area contributed by atoms with Crippen LogP contribution in [0.1, 0.15) is 33.6 Å². The molecule has 134 valence electrons. The third kappa shape index (κ3) is 3.55. The molecule has 0 spiro atoms. The molecule has 0 atom stereocenters. The Morgan fingerprint density at radius 3 is 2.38 bits per heavy atom. The number of carbonyl (C=O) groups excluding carboxylic acids is 3. The summed E-state index contributed by atoms with van der Waals surface area (Å²) in [5, 5.41) is 3.21. The lowest BCUT2D eigenvalue weighted by Gasteiger charge is -2.14. The van der Waals surface area contributed by atoms with E-state index in [0.717, 1.165) is 0 Å². The fourth-order valence-corrected chi connectivity index (χ4v) is 3.00. The number of hydrogen-bond donors (Lipinski definition) is 1. The van der Waals surface area contributed by atoms with Gasteiger partial charge in [0.05, 0.1) is 23.9 Å². The highest BCUT2D eigenvalue weighted by Crippen LogP contribution is 2.28. The minimum Gasteiger partial charge on any atom is -0.495 e. The van der Waals surface area contributed by atoms with Crippen LogP contribution in [0.3, 0.4) is 0 Å². The Balaban J connectivity index is 1.56. The Bertz CT molecular complexity index is 847. The van der Waals surface area contributed by atoms with Gasteiger partial charge in [-0.05, 0) is 36.8 Å².